The molecule has 2 bridgehead atoms. The summed E-state index contributed by atoms with van der Waals surface area (Å²) in [5.41, 5.74) is 2.39. The summed E-state index contributed by atoms with van der Waals surface area (Å²) in [6, 6.07) is 9.55. The van der Waals surface area contributed by atoms with Crippen LogP contribution in [-0.2, 0) is 26.2 Å². The molecule has 3 atom stereocenters. The highest BCUT2D eigenvalue weighted by Crippen LogP contribution is 2.40. The number of halogens is 3. The van der Waals surface area contributed by atoms with Crippen molar-refractivity contribution in [3.05, 3.63) is 68.7 Å². The first kappa shape index (κ1) is 26.2. The van der Waals surface area contributed by atoms with Gasteiger partial charge >= 0.3 is 6.47 Å². The Morgan fingerprint density at radius 3 is 2.51 bits per heavy atom. The molecule has 0 unspecified atom stereocenters. The van der Waals surface area contributed by atoms with Crippen molar-refractivity contribution in [3.63, 3.8) is 0 Å². The zero-order chi connectivity index (χ0) is 26.2. The highest BCUT2D eigenvalue weighted by molar-refractivity contribution is 7.92. The number of hydrogen-bond donors (Lipinski definition) is 0. The zero-order valence-electron chi connectivity index (χ0n) is 19.3. The molecule has 0 radical (unpaired) electrons. The van der Waals surface area contributed by atoms with Crippen LogP contribution in [0.5, 0.6) is 5.75 Å². The van der Waals surface area contributed by atoms with E-state index in [2.05, 4.69) is 9.88 Å². The van der Waals surface area contributed by atoms with E-state index in [1.54, 1.807) is 12.1 Å². The number of carbonyl (C=O) groups excluding carboxylic acids is 1. The summed E-state index contributed by atoms with van der Waals surface area (Å²) in [6.07, 6.45) is 3.55. The van der Waals surface area contributed by atoms with Crippen LogP contribution in [-0.4, -0.2) is 43.0 Å². The second-order valence-corrected chi connectivity index (χ2v) is 12.2. The molecule has 2 aromatic carbocycles. The SMILES string of the molecule is O=CON(c1cscn1)S(=O)(=O)c1ccc(O[C@@H]2C[C@H]3CC[C@@H](C2)N3Cc2ccc(F)c(Cl)c2)c(Cl)c1. The van der Waals surface area contributed by atoms with Gasteiger partial charge in [0.15, 0.2) is 5.82 Å². The van der Waals surface area contributed by atoms with Gasteiger partial charge in [-0.1, -0.05) is 33.7 Å². The van der Waals surface area contributed by atoms with Gasteiger partial charge in [-0.3, -0.25) is 9.69 Å². The van der Waals surface area contributed by atoms with Gasteiger partial charge in [-0.2, -0.15) is 8.42 Å². The maximum Gasteiger partial charge on any atom is 0.322 e. The molecule has 0 N–H and O–H groups in total. The van der Waals surface area contributed by atoms with Crippen molar-refractivity contribution in [1.82, 2.24) is 9.88 Å². The third kappa shape index (κ3) is 5.42. The van der Waals surface area contributed by atoms with E-state index in [0.29, 0.717) is 28.8 Å². The summed E-state index contributed by atoms with van der Waals surface area (Å²) in [4.78, 5) is 21.8. The summed E-state index contributed by atoms with van der Waals surface area (Å²) < 4.78 is 46.3. The van der Waals surface area contributed by atoms with Crippen molar-refractivity contribution in [1.29, 1.82) is 0 Å². The van der Waals surface area contributed by atoms with Crippen LogP contribution >= 0.6 is 34.5 Å². The molecule has 5 rings (SSSR count). The first-order chi connectivity index (χ1) is 17.8. The van der Waals surface area contributed by atoms with Crippen molar-refractivity contribution in [2.24, 2.45) is 0 Å². The Hall–Kier alpha value is -2.44. The molecule has 2 saturated heterocycles. The maximum atomic E-state index is 13.5. The summed E-state index contributed by atoms with van der Waals surface area (Å²) in [5, 5.41) is 1.68. The predicted octanol–water partition coefficient (Wildman–Crippen LogP) is 5.45. The van der Waals surface area contributed by atoms with Crippen LogP contribution in [0.1, 0.15) is 31.2 Å². The van der Waals surface area contributed by atoms with E-state index in [0.717, 1.165) is 42.6 Å². The van der Waals surface area contributed by atoms with E-state index in [4.69, 9.17) is 32.8 Å². The maximum absolute atomic E-state index is 13.5. The van der Waals surface area contributed by atoms with Gasteiger partial charge in [0, 0.05) is 24.0 Å². The van der Waals surface area contributed by atoms with Crippen LogP contribution in [0.15, 0.2) is 52.2 Å². The first-order valence-electron chi connectivity index (χ1n) is 11.5. The number of thiazole rings is 1. The zero-order valence-corrected chi connectivity index (χ0v) is 22.4. The van der Waals surface area contributed by atoms with E-state index >= 15 is 0 Å². The second kappa shape index (κ2) is 10.7. The number of piperidine rings is 1. The third-order valence-corrected chi connectivity index (χ3v) is 9.37. The van der Waals surface area contributed by atoms with Gasteiger partial charge in [-0.05, 0) is 61.6 Å². The highest BCUT2D eigenvalue weighted by Gasteiger charge is 2.41. The Morgan fingerprint density at radius 2 is 1.89 bits per heavy atom. The third-order valence-electron chi connectivity index (χ3n) is 6.65. The molecule has 2 fully saturated rings. The summed E-state index contributed by atoms with van der Waals surface area (Å²) in [6.45, 7) is 0.703. The monoisotopic (exact) mass is 585 g/mol. The average Bonchev–Trinajstić information content (AvgIpc) is 3.47. The predicted molar refractivity (Wildman–Crippen MR) is 138 cm³/mol. The average molecular weight is 586 g/mol. The number of sulfonamides is 1. The number of hydrogen-bond acceptors (Lipinski definition) is 8. The number of rotatable bonds is 9. The quantitative estimate of drug-likeness (QED) is 0.244. The minimum Gasteiger partial charge on any atom is -0.489 e. The van der Waals surface area contributed by atoms with Crippen LogP contribution in [0.3, 0.4) is 0 Å². The van der Waals surface area contributed by atoms with Gasteiger partial charge in [-0.25, -0.2) is 9.37 Å². The van der Waals surface area contributed by atoms with Crippen molar-refractivity contribution in [3.8, 4) is 5.75 Å². The first-order valence-corrected chi connectivity index (χ1v) is 14.6. The van der Waals surface area contributed by atoms with Crippen LogP contribution in [0.2, 0.25) is 10.0 Å². The van der Waals surface area contributed by atoms with Gasteiger partial charge in [0.1, 0.15) is 17.7 Å². The minimum atomic E-state index is -4.26. The van der Waals surface area contributed by atoms with Crippen LogP contribution in [0.4, 0.5) is 10.2 Å². The lowest BCUT2D eigenvalue weighted by Gasteiger charge is -2.39. The van der Waals surface area contributed by atoms with Crippen molar-refractivity contribution < 1.29 is 27.2 Å². The number of carbonyl (C=O) groups is 1. The number of ether oxygens (including phenoxy) is 1. The van der Waals surface area contributed by atoms with Gasteiger partial charge in [0.05, 0.1) is 20.5 Å². The van der Waals surface area contributed by atoms with E-state index in [9.17, 15) is 17.6 Å². The van der Waals surface area contributed by atoms with Crippen LogP contribution < -0.4 is 9.21 Å². The van der Waals surface area contributed by atoms with E-state index < -0.39 is 15.8 Å². The Labute approximate surface area is 227 Å². The molecule has 0 spiro atoms. The lowest BCUT2D eigenvalue weighted by atomic mass is 9.98. The summed E-state index contributed by atoms with van der Waals surface area (Å²) >= 11 is 13.5. The van der Waals surface area contributed by atoms with E-state index in [1.165, 1.54) is 35.2 Å². The molecule has 2 aliphatic heterocycles. The Balaban J connectivity index is 1.27. The lowest BCUT2D eigenvalue weighted by molar-refractivity contribution is -0.128. The molecule has 1 aromatic heterocycles. The van der Waals surface area contributed by atoms with Crippen LogP contribution in [0.25, 0.3) is 0 Å². The fourth-order valence-corrected chi connectivity index (χ4v) is 7.27. The van der Waals surface area contributed by atoms with Gasteiger partial charge < -0.3 is 9.57 Å². The number of nitrogens with zero attached hydrogens (tertiary/aromatic N) is 3. The number of anilines is 1. The second-order valence-electron chi connectivity index (χ2n) is 8.89. The Morgan fingerprint density at radius 1 is 1.14 bits per heavy atom. The van der Waals surface area contributed by atoms with Gasteiger partial charge in [0.25, 0.3) is 10.0 Å². The molecular formula is C24H22Cl2FN3O5S2. The fraction of sp³-hybridized carbons (Fsp3) is 0.333. The molecule has 8 nitrogen and oxygen atoms in total. The molecule has 196 valence electrons. The molecule has 37 heavy (non-hydrogen) atoms. The smallest absolute Gasteiger partial charge is 0.322 e. The van der Waals surface area contributed by atoms with Crippen molar-refractivity contribution in [2.45, 2.75) is 55.3 Å². The summed E-state index contributed by atoms with van der Waals surface area (Å²) in [5.74, 6) is -0.0951. The molecule has 13 heteroatoms. The van der Waals surface area contributed by atoms with Crippen molar-refractivity contribution in [2.75, 3.05) is 4.47 Å². The Bertz CT molecular complexity index is 1380. The van der Waals surface area contributed by atoms with Gasteiger partial charge in [0.2, 0.25) is 0 Å². The number of fused-ring (bicyclic) bond motifs is 2. The highest BCUT2D eigenvalue weighted by atomic mass is 35.5. The normalized spacial score (nSPS) is 21.5. The number of aromatic nitrogens is 1. The molecule has 0 saturated carbocycles. The van der Waals surface area contributed by atoms with Gasteiger partial charge in [-0.15, -0.1) is 11.3 Å². The molecule has 0 amide bonds. The van der Waals surface area contributed by atoms with Crippen molar-refractivity contribution >= 4 is 56.9 Å². The molecule has 3 aromatic rings. The molecule has 3 heterocycles. The summed E-state index contributed by atoms with van der Waals surface area (Å²) in [7, 11) is -4.26. The largest absolute Gasteiger partial charge is 0.489 e. The lowest BCUT2D eigenvalue weighted by Crippen LogP contribution is -2.45. The molecule has 0 aliphatic carbocycles. The molecule has 2 aliphatic rings. The van der Waals surface area contributed by atoms with E-state index in [1.807, 2.05) is 0 Å². The standard InChI is InChI=1S/C24H22Cl2FN3O5S2/c25-20-7-15(1-5-22(20)27)11-29-16-2-3-17(29)9-18(8-16)35-23-6-4-19(10-21(23)26)37(32,33)30(34-14-31)24-12-36-13-28-24/h1,4-7,10,12-14,16-18H,2-3,8-9,11H2/t16-,17+,18-. The minimum absolute atomic E-state index is 0.0152. The fourth-order valence-electron chi connectivity index (χ4n) is 5.01. The van der Waals surface area contributed by atoms with E-state index in [-0.39, 0.29) is 33.3 Å². The topological polar surface area (TPSA) is 89.0 Å². The number of benzene rings is 2. The van der Waals surface area contributed by atoms with Crippen LogP contribution in [0, 0.1) is 5.82 Å². The Kier molecular flexibility index (Phi) is 7.60. The molecular weight excluding hydrogens is 564 g/mol.